The molecular weight excluding hydrogens is 396 g/mol. The van der Waals surface area contributed by atoms with E-state index in [0.29, 0.717) is 11.7 Å². The van der Waals surface area contributed by atoms with Gasteiger partial charge in [-0.2, -0.15) is 0 Å². The van der Waals surface area contributed by atoms with Crippen molar-refractivity contribution in [1.29, 1.82) is 0 Å². The number of phenols is 1. The average molecular weight is 424 g/mol. The Balaban J connectivity index is 0.00000135. The molecule has 0 aliphatic heterocycles. The van der Waals surface area contributed by atoms with Crippen LogP contribution < -0.4 is 0 Å². The van der Waals surface area contributed by atoms with Crippen molar-refractivity contribution in [3.05, 3.63) is 28.8 Å². The molecule has 0 amide bonds. The van der Waals surface area contributed by atoms with E-state index in [2.05, 4.69) is 52.6 Å². The van der Waals surface area contributed by atoms with Crippen LogP contribution in [0.25, 0.3) is 0 Å². The van der Waals surface area contributed by atoms with E-state index in [-0.39, 0.29) is 5.41 Å². The van der Waals surface area contributed by atoms with E-state index < -0.39 is 20.8 Å². The van der Waals surface area contributed by atoms with Crippen LogP contribution in [0.3, 0.4) is 0 Å². The number of aromatic hydroxyl groups is 1. The van der Waals surface area contributed by atoms with Crippen LogP contribution in [0.4, 0.5) is 0 Å². The van der Waals surface area contributed by atoms with Crippen molar-refractivity contribution >= 4 is 23.2 Å². The summed E-state index contributed by atoms with van der Waals surface area (Å²) < 4.78 is 0. The SMILES string of the molecule is Cc1cc(C=NCCC(C)C)c(O)c(C(C)(C)C)c1.[Cl][Zr][Cl]. The Kier molecular flexibility index (Phi) is 10.9. The average Bonchev–Trinajstić information content (AvgIpc) is 2.37. The molecule has 0 spiro atoms. The number of nitrogens with zero attached hydrogens (tertiary/aromatic N) is 1. The molecule has 1 aromatic carbocycles. The number of phenolic OH excluding ortho intramolecular Hbond substituents is 1. The number of hydrogen-bond donors (Lipinski definition) is 1. The van der Waals surface area contributed by atoms with Crippen molar-refractivity contribution < 1.29 is 26.0 Å². The number of aryl methyl sites for hydroxylation is 1. The Labute approximate surface area is 154 Å². The maximum absolute atomic E-state index is 10.4. The van der Waals surface area contributed by atoms with E-state index in [1.165, 1.54) is 0 Å². The summed E-state index contributed by atoms with van der Waals surface area (Å²) in [5.41, 5.74) is 2.91. The zero-order valence-electron chi connectivity index (χ0n) is 14.4. The van der Waals surface area contributed by atoms with E-state index >= 15 is 0 Å². The third kappa shape index (κ3) is 8.70. The molecule has 0 saturated heterocycles. The first-order valence-corrected chi connectivity index (χ1v) is 13.8. The number of rotatable bonds is 4. The standard InChI is InChI=1S/C17H27NO.2ClH.Zr/c1-12(2)7-8-18-11-14-9-13(3)10-15(16(14)19)17(4,5)6;;;/h9-12,19H,7-8H2,1-6H3;2*1H;/q;;;+2/p-2. The third-order valence-electron chi connectivity index (χ3n) is 3.16. The van der Waals surface area contributed by atoms with Crippen molar-refractivity contribution in [2.45, 2.75) is 53.4 Å². The van der Waals surface area contributed by atoms with Crippen LogP contribution in [0.5, 0.6) is 5.75 Å². The molecule has 5 heteroatoms. The van der Waals surface area contributed by atoms with Crippen molar-refractivity contribution in [2.24, 2.45) is 10.9 Å². The Morgan fingerprint density at radius 1 is 1.27 bits per heavy atom. The molecule has 124 valence electrons. The molecule has 1 aromatic rings. The van der Waals surface area contributed by atoms with E-state index in [9.17, 15) is 5.11 Å². The third-order valence-corrected chi connectivity index (χ3v) is 3.16. The van der Waals surface area contributed by atoms with Crippen molar-refractivity contribution in [2.75, 3.05) is 6.54 Å². The molecule has 22 heavy (non-hydrogen) atoms. The molecule has 0 unspecified atom stereocenters. The second kappa shape index (κ2) is 10.8. The molecule has 1 rings (SSSR count). The van der Waals surface area contributed by atoms with Gasteiger partial charge in [-0.1, -0.05) is 40.7 Å². The van der Waals surface area contributed by atoms with E-state index in [1.54, 1.807) is 6.21 Å². The van der Waals surface area contributed by atoms with Gasteiger partial charge in [0, 0.05) is 23.9 Å². The summed E-state index contributed by atoms with van der Waals surface area (Å²) in [7, 11) is 9.87. The second-order valence-corrected chi connectivity index (χ2v) is 10.5. The van der Waals surface area contributed by atoms with E-state index in [1.807, 2.05) is 6.07 Å². The van der Waals surface area contributed by atoms with Gasteiger partial charge in [0.15, 0.2) is 0 Å². The van der Waals surface area contributed by atoms with E-state index in [4.69, 9.17) is 17.0 Å². The van der Waals surface area contributed by atoms with Gasteiger partial charge in [0.2, 0.25) is 0 Å². The summed E-state index contributed by atoms with van der Waals surface area (Å²) in [6, 6.07) is 4.05. The molecule has 0 radical (unpaired) electrons. The molecule has 0 atom stereocenters. The number of aliphatic imine (C=N–C) groups is 1. The summed E-state index contributed by atoms with van der Waals surface area (Å²) in [6.07, 6.45) is 2.88. The molecule has 0 heterocycles. The first-order valence-electron chi connectivity index (χ1n) is 7.43. The fourth-order valence-corrected chi connectivity index (χ4v) is 1.97. The summed E-state index contributed by atoms with van der Waals surface area (Å²) in [5.74, 6) is 1.03. The number of benzene rings is 1. The fourth-order valence-electron chi connectivity index (χ4n) is 1.97. The van der Waals surface area contributed by atoms with Gasteiger partial charge in [-0.25, -0.2) is 0 Å². The first kappa shape index (κ1) is 22.2. The zero-order valence-corrected chi connectivity index (χ0v) is 18.3. The molecule has 0 fully saturated rings. The predicted octanol–water partition coefficient (Wildman–Crippen LogP) is 5.84. The maximum atomic E-state index is 10.4. The predicted molar refractivity (Wildman–Crippen MR) is 95.2 cm³/mol. The Morgan fingerprint density at radius 3 is 2.27 bits per heavy atom. The summed E-state index contributed by atoms with van der Waals surface area (Å²) >= 11 is -0.826. The van der Waals surface area contributed by atoms with Crippen LogP contribution in [0, 0.1) is 12.8 Å². The van der Waals surface area contributed by atoms with Crippen molar-refractivity contribution in [1.82, 2.24) is 0 Å². The number of hydrogen-bond acceptors (Lipinski definition) is 2. The van der Waals surface area contributed by atoms with Gasteiger partial charge in [-0.3, -0.25) is 4.99 Å². The fraction of sp³-hybridized carbons (Fsp3) is 0.588. The molecule has 0 aliphatic carbocycles. The number of halogens is 2. The van der Waals surface area contributed by atoms with Gasteiger partial charge < -0.3 is 5.11 Å². The molecule has 0 aromatic heterocycles. The molecule has 0 bridgehead atoms. The first-order chi connectivity index (χ1) is 10.1. The second-order valence-electron chi connectivity index (χ2n) is 6.79. The quantitative estimate of drug-likeness (QED) is 0.607. The summed E-state index contributed by atoms with van der Waals surface area (Å²) in [6.45, 7) is 13.6. The van der Waals surface area contributed by atoms with Crippen LogP contribution in [-0.4, -0.2) is 17.9 Å². The van der Waals surface area contributed by atoms with Gasteiger partial charge in [0.25, 0.3) is 0 Å². The van der Waals surface area contributed by atoms with Gasteiger partial charge in [0.1, 0.15) is 5.75 Å². The van der Waals surface area contributed by atoms with Crippen LogP contribution in [0.1, 0.15) is 57.7 Å². The Hall–Kier alpha value is 0.153. The normalized spacial score (nSPS) is 11.5. The van der Waals surface area contributed by atoms with Crippen LogP contribution in [0.2, 0.25) is 0 Å². The van der Waals surface area contributed by atoms with Gasteiger partial charge in [-0.05, 0) is 36.3 Å². The molecule has 1 N–H and O–H groups in total. The van der Waals surface area contributed by atoms with Crippen molar-refractivity contribution in [3.8, 4) is 5.75 Å². The molecule has 2 nitrogen and oxygen atoms in total. The Morgan fingerprint density at radius 2 is 1.82 bits per heavy atom. The summed E-state index contributed by atoms with van der Waals surface area (Å²) in [4.78, 5) is 4.42. The Bertz CT molecular complexity index is 482. The molecule has 0 saturated carbocycles. The van der Waals surface area contributed by atoms with Gasteiger partial charge >= 0.3 is 37.9 Å². The van der Waals surface area contributed by atoms with Crippen LogP contribution in [0.15, 0.2) is 17.1 Å². The van der Waals surface area contributed by atoms with Crippen LogP contribution >= 0.6 is 17.0 Å². The monoisotopic (exact) mass is 421 g/mol. The van der Waals surface area contributed by atoms with Gasteiger partial charge in [-0.15, -0.1) is 0 Å². The summed E-state index contributed by atoms with van der Waals surface area (Å²) in [5, 5.41) is 10.4. The molecular formula is C17H27Cl2NOZr. The van der Waals surface area contributed by atoms with E-state index in [0.717, 1.165) is 29.7 Å². The zero-order chi connectivity index (χ0) is 17.3. The van der Waals surface area contributed by atoms with Crippen molar-refractivity contribution in [3.63, 3.8) is 0 Å². The minimum atomic E-state index is -0.826. The molecule has 0 aliphatic rings. The minimum absolute atomic E-state index is 0.0589. The van der Waals surface area contributed by atoms with Crippen LogP contribution in [-0.2, 0) is 26.3 Å². The van der Waals surface area contributed by atoms with Gasteiger partial charge in [0.05, 0.1) is 0 Å². The topological polar surface area (TPSA) is 32.6 Å².